The van der Waals surface area contributed by atoms with Gasteiger partial charge >= 0.3 is 0 Å². The maximum Gasteiger partial charge on any atom is 0.141 e. The summed E-state index contributed by atoms with van der Waals surface area (Å²) in [5.74, 6) is 0. The first-order valence-corrected chi connectivity index (χ1v) is 4.79. The molecule has 0 atom stereocenters. The zero-order chi connectivity index (χ0) is 9.80. The minimum atomic E-state index is 0.968. The second-order valence-electron chi connectivity index (χ2n) is 3.53. The van der Waals surface area contributed by atoms with E-state index in [0.717, 1.165) is 6.42 Å². The molecule has 68 valence electrons. The fourth-order valence-corrected chi connectivity index (χ4v) is 1.55. The van der Waals surface area contributed by atoms with Crippen LogP contribution in [0.25, 0.3) is 0 Å². The zero-order valence-corrected chi connectivity index (χ0v) is 8.27. The minimum absolute atomic E-state index is 0.968. The molecule has 1 aromatic carbocycles. The van der Waals surface area contributed by atoms with Crippen LogP contribution in [0.5, 0.6) is 0 Å². The molecule has 2 aromatic rings. The summed E-state index contributed by atoms with van der Waals surface area (Å²) in [5.41, 5.74) is 3.83. The van der Waals surface area contributed by atoms with Crippen LogP contribution in [0.1, 0.15) is 11.1 Å². The molecule has 0 fully saturated rings. The van der Waals surface area contributed by atoms with Crippen LogP contribution in [-0.4, -0.2) is 12.8 Å². The van der Waals surface area contributed by atoms with Crippen LogP contribution in [0.2, 0.25) is 0 Å². The first kappa shape index (κ1) is 9.01. The molecule has 0 bridgehead atoms. The highest BCUT2D eigenvalue weighted by Gasteiger charge is 1.95. The van der Waals surface area contributed by atoms with Crippen molar-refractivity contribution in [3.05, 3.63) is 59.9 Å². The highest BCUT2D eigenvalue weighted by molar-refractivity contribution is 6.32. The maximum absolute atomic E-state index is 4.18. The number of aromatic nitrogens is 1. The molecule has 0 unspecified atom stereocenters. The van der Waals surface area contributed by atoms with Crippen LogP contribution >= 0.6 is 0 Å². The Balaban J connectivity index is 2.19. The van der Waals surface area contributed by atoms with Gasteiger partial charge in [0.1, 0.15) is 7.85 Å². The molecule has 14 heavy (non-hydrogen) atoms. The van der Waals surface area contributed by atoms with E-state index in [0.29, 0.717) is 0 Å². The predicted molar refractivity (Wildman–Crippen MR) is 61.7 cm³/mol. The molecule has 0 saturated heterocycles. The van der Waals surface area contributed by atoms with Crippen molar-refractivity contribution in [1.29, 1.82) is 0 Å². The Kier molecular flexibility index (Phi) is 2.64. The molecular weight excluding hydrogens is 169 g/mol. The maximum atomic E-state index is 4.18. The fraction of sp³-hybridized carbons (Fsp3) is 0.0833. The smallest absolute Gasteiger partial charge is 0.141 e. The van der Waals surface area contributed by atoms with Crippen LogP contribution in [0.3, 0.4) is 0 Å². The van der Waals surface area contributed by atoms with Crippen molar-refractivity contribution in [3.63, 3.8) is 0 Å². The molecule has 1 heterocycles. The van der Waals surface area contributed by atoms with Gasteiger partial charge in [0.15, 0.2) is 0 Å². The van der Waals surface area contributed by atoms with Crippen LogP contribution in [-0.2, 0) is 6.42 Å². The largest absolute Gasteiger partial charge is 0.265 e. The molecule has 1 aromatic heterocycles. The summed E-state index contributed by atoms with van der Waals surface area (Å²) >= 11 is 0. The van der Waals surface area contributed by atoms with Gasteiger partial charge in [0.25, 0.3) is 0 Å². The lowest BCUT2D eigenvalue weighted by Gasteiger charge is -2.01. The number of nitrogens with zero attached hydrogens (tertiary/aromatic N) is 1. The quantitative estimate of drug-likeness (QED) is 0.628. The first-order chi connectivity index (χ1) is 6.84. The second-order valence-corrected chi connectivity index (χ2v) is 3.53. The standard InChI is InChI=1S/C12H12BN/c13-12-7-11(8-14-9-12)6-10-4-2-1-3-5-10/h1-5,7-9H,6,13H2. The first-order valence-electron chi connectivity index (χ1n) is 4.79. The molecule has 0 spiro atoms. The van der Waals surface area contributed by atoms with Gasteiger partial charge in [-0.15, -0.1) is 0 Å². The Labute approximate surface area is 85.2 Å². The molecule has 0 aliphatic rings. The monoisotopic (exact) mass is 181 g/mol. The van der Waals surface area contributed by atoms with Crippen LogP contribution < -0.4 is 5.46 Å². The number of benzene rings is 1. The Morgan fingerprint density at radius 2 is 1.79 bits per heavy atom. The van der Waals surface area contributed by atoms with Gasteiger partial charge in [-0.2, -0.15) is 0 Å². The summed E-state index contributed by atoms with van der Waals surface area (Å²) in [6.07, 6.45) is 4.78. The van der Waals surface area contributed by atoms with Gasteiger partial charge in [0.05, 0.1) is 0 Å². The van der Waals surface area contributed by atoms with Gasteiger partial charge in [-0.05, 0) is 17.5 Å². The lowest BCUT2D eigenvalue weighted by Crippen LogP contribution is -2.04. The van der Waals surface area contributed by atoms with E-state index in [1.807, 2.05) is 18.5 Å². The average Bonchev–Trinajstić information content (AvgIpc) is 2.19. The molecule has 1 nitrogen and oxygen atoms in total. The number of hydrogen-bond donors (Lipinski definition) is 0. The third-order valence-corrected chi connectivity index (χ3v) is 2.18. The highest BCUT2D eigenvalue weighted by atomic mass is 14.6. The van der Waals surface area contributed by atoms with Gasteiger partial charge in [-0.25, -0.2) is 0 Å². The Bertz CT molecular complexity index is 412. The molecule has 2 rings (SSSR count). The van der Waals surface area contributed by atoms with E-state index in [-0.39, 0.29) is 0 Å². The van der Waals surface area contributed by atoms with Crippen molar-refractivity contribution in [2.45, 2.75) is 6.42 Å². The average molecular weight is 181 g/mol. The van der Waals surface area contributed by atoms with Crippen molar-refractivity contribution in [2.75, 3.05) is 0 Å². The summed E-state index contributed by atoms with van der Waals surface area (Å²) in [4.78, 5) is 4.18. The van der Waals surface area contributed by atoms with Gasteiger partial charge in [0, 0.05) is 12.4 Å². The summed E-state index contributed by atoms with van der Waals surface area (Å²) in [6, 6.07) is 12.6. The van der Waals surface area contributed by atoms with Crippen molar-refractivity contribution >= 4 is 13.3 Å². The van der Waals surface area contributed by atoms with E-state index in [9.17, 15) is 0 Å². The molecule has 0 aliphatic carbocycles. The zero-order valence-electron chi connectivity index (χ0n) is 8.27. The van der Waals surface area contributed by atoms with Crippen molar-refractivity contribution in [1.82, 2.24) is 4.98 Å². The third kappa shape index (κ3) is 2.22. The second kappa shape index (κ2) is 4.10. The number of hydrogen-bond acceptors (Lipinski definition) is 1. The van der Waals surface area contributed by atoms with Crippen LogP contribution in [0.15, 0.2) is 48.8 Å². The van der Waals surface area contributed by atoms with Gasteiger partial charge in [-0.3, -0.25) is 4.98 Å². The summed E-state index contributed by atoms with van der Waals surface area (Å²) in [5, 5.41) is 0. The summed E-state index contributed by atoms with van der Waals surface area (Å²) < 4.78 is 0. The van der Waals surface area contributed by atoms with E-state index in [1.54, 1.807) is 0 Å². The van der Waals surface area contributed by atoms with E-state index in [2.05, 4.69) is 43.2 Å². The molecule has 0 amide bonds. The SMILES string of the molecule is Bc1cncc(Cc2ccccc2)c1. The van der Waals surface area contributed by atoms with E-state index in [1.165, 1.54) is 16.6 Å². The number of pyridine rings is 1. The molecule has 2 heteroatoms. The Morgan fingerprint density at radius 1 is 1.00 bits per heavy atom. The lowest BCUT2D eigenvalue weighted by atomic mass is 9.95. The number of rotatable bonds is 2. The third-order valence-electron chi connectivity index (χ3n) is 2.18. The lowest BCUT2D eigenvalue weighted by molar-refractivity contribution is 1.15. The summed E-state index contributed by atoms with van der Waals surface area (Å²) in [6.45, 7) is 0. The van der Waals surface area contributed by atoms with Crippen molar-refractivity contribution < 1.29 is 0 Å². The molecule has 0 N–H and O–H groups in total. The van der Waals surface area contributed by atoms with Crippen molar-refractivity contribution in [2.24, 2.45) is 0 Å². The van der Waals surface area contributed by atoms with Gasteiger partial charge in [-0.1, -0.05) is 41.9 Å². The van der Waals surface area contributed by atoms with Crippen LogP contribution in [0, 0.1) is 0 Å². The van der Waals surface area contributed by atoms with E-state index < -0.39 is 0 Å². The molecular formula is C12H12BN. The minimum Gasteiger partial charge on any atom is -0.265 e. The van der Waals surface area contributed by atoms with Crippen LogP contribution in [0.4, 0.5) is 0 Å². The topological polar surface area (TPSA) is 12.9 Å². The van der Waals surface area contributed by atoms with Crippen molar-refractivity contribution in [3.8, 4) is 0 Å². The Hall–Kier alpha value is -1.57. The highest BCUT2D eigenvalue weighted by Crippen LogP contribution is 2.06. The molecule has 0 saturated carbocycles. The van der Waals surface area contributed by atoms with E-state index >= 15 is 0 Å². The predicted octanol–water partition coefficient (Wildman–Crippen LogP) is 0.931. The Morgan fingerprint density at radius 3 is 2.50 bits per heavy atom. The fourth-order valence-electron chi connectivity index (χ4n) is 1.55. The van der Waals surface area contributed by atoms with Gasteiger partial charge < -0.3 is 0 Å². The molecule has 0 aliphatic heterocycles. The molecule has 0 radical (unpaired) electrons. The van der Waals surface area contributed by atoms with E-state index in [4.69, 9.17) is 0 Å². The normalized spacial score (nSPS) is 10.0. The summed E-state index contributed by atoms with van der Waals surface area (Å²) in [7, 11) is 2.07. The van der Waals surface area contributed by atoms with Gasteiger partial charge in [0.2, 0.25) is 0 Å².